The number of thioether (sulfide) groups is 1. The van der Waals surface area contributed by atoms with Crippen LogP contribution >= 0.6 is 11.8 Å². The van der Waals surface area contributed by atoms with Gasteiger partial charge in [0.1, 0.15) is 0 Å². The monoisotopic (exact) mass is 250 g/mol. The van der Waals surface area contributed by atoms with Gasteiger partial charge in [-0.15, -0.1) is 0 Å². The van der Waals surface area contributed by atoms with Crippen molar-refractivity contribution >= 4 is 17.7 Å². The standard InChI is InChI=1S/C14H18O2S/c1-3-16-14(15)9-6-10-17-11-13-8-5-4-7-12(13)2/h4-9H,3,10-11H2,1-2H3/b9-6+. The first-order valence-electron chi connectivity index (χ1n) is 5.69. The Labute approximate surface area is 107 Å². The quantitative estimate of drug-likeness (QED) is 0.440. The molecule has 0 saturated heterocycles. The third kappa shape index (κ3) is 5.59. The fraction of sp³-hybridized carbons (Fsp3) is 0.357. The van der Waals surface area contributed by atoms with Gasteiger partial charge in [-0.25, -0.2) is 4.79 Å². The van der Waals surface area contributed by atoms with Gasteiger partial charge in [-0.1, -0.05) is 30.3 Å². The number of benzene rings is 1. The lowest BCUT2D eigenvalue weighted by Gasteiger charge is -2.03. The zero-order chi connectivity index (χ0) is 12.5. The average Bonchev–Trinajstić information content (AvgIpc) is 2.31. The summed E-state index contributed by atoms with van der Waals surface area (Å²) in [6.07, 6.45) is 3.34. The Morgan fingerprint density at radius 3 is 2.88 bits per heavy atom. The molecule has 0 aliphatic heterocycles. The van der Waals surface area contributed by atoms with Crippen LogP contribution < -0.4 is 0 Å². The molecule has 0 spiro atoms. The molecule has 1 rings (SSSR count). The molecular weight excluding hydrogens is 232 g/mol. The molecule has 0 aliphatic carbocycles. The zero-order valence-corrected chi connectivity index (χ0v) is 11.1. The Balaban J connectivity index is 2.25. The number of rotatable bonds is 6. The summed E-state index contributed by atoms with van der Waals surface area (Å²) in [6.45, 7) is 4.35. The molecule has 0 aliphatic rings. The molecule has 0 radical (unpaired) electrons. The average molecular weight is 250 g/mol. The first-order chi connectivity index (χ1) is 8.24. The summed E-state index contributed by atoms with van der Waals surface area (Å²) in [5, 5.41) is 0. The minimum Gasteiger partial charge on any atom is -0.463 e. The normalized spacial score (nSPS) is 10.7. The van der Waals surface area contributed by atoms with E-state index in [9.17, 15) is 4.79 Å². The van der Waals surface area contributed by atoms with Crippen molar-refractivity contribution in [1.29, 1.82) is 0 Å². The van der Waals surface area contributed by atoms with Gasteiger partial charge in [-0.2, -0.15) is 11.8 Å². The largest absolute Gasteiger partial charge is 0.463 e. The third-order valence-electron chi connectivity index (χ3n) is 2.27. The van der Waals surface area contributed by atoms with Gasteiger partial charge >= 0.3 is 5.97 Å². The van der Waals surface area contributed by atoms with Gasteiger partial charge in [0, 0.05) is 17.6 Å². The summed E-state index contributed by atoms with van der Waals surface area (Å²) in [6, 6.07) is 8.35. The van der Waals surface area contributed by atoms with Crippen LogP contribution in [0.15, 0.2) is 36.4 Å². The van der Waals surface area contributed by atoms with Crippen molar-refractivity contribution in [2.45, 2.75) is 19.6 Å². The lowest BCUT2D eigenvalue weighted by Crippen LogP contribution is -1.98. The predicted octanol–water partition coefficient (Wildman–Crippen LogP) is 3.35. The van der Waals surface area contributed by atoms with E-state index in [-0.39, 0.29) is 5.97 Å². The van der Waals surface area contributed by atoms with E-state index in [1.807, 2.05) is 12.1 Å². The lowest BCUT2D eigenvalue weighted by molar-refractivity contribution is -0.137. The molecule has 0 heterocycles. The van der Waals surface area contributed by atoms with Crippen molar-refractivity contribution in [3.8, 4) is 0 Å². The van der Waals surface area contributed by atoms with Crippen LogP contribution in [0.2, 0.25) is 0 Å². The van der Waals surface area contributed by atoms with Crippen molar-refractivity contribution in [2.24, 2.45) is 0 Å². The van der Waals surface area contributed by atoms with Crippen LogP contribution in [0.25, 0.3) is 0 Å². The summed E-state index contributed by atoms with van der Waals surface area (Å²) < 4.78 is 4.79. The van der Waals surface area contributed by atoms with E-state index in [4.69, 9.17) is 4.74 Å². The highest BCUT2D eigenvalue weighted by Crippen LogP contribution is 2.15. The van der Waals surface area contributed by atoms with Crippen LogP contribution in [-0.2, 0) is 15.3 Å². The number of carbonyl (C=O) groups is 1. The van der Waals surface area contributed by atoms with E-state index >= 15 is 0 Å². The van der Waals surface area contributed by atoms with Gasteiger partial charge in [0.15, 0.2) is 0 Å². The molecule has 0 saturated carbocycles. The summed E-state index contributed by atoms with van der Waals surface area (Å²) in [5.41, 5.74) is 2.66. The molecule has 0 aromatic heterocycles. The second-order valence-electron chi connectivity index (χ2n) is 3.60. The molecule has 0 N–H and O–H groups in total. The summed E-state index contributed by atoms with van der Waals surface area (Å²) >= 11 is 1.79. The van der Waals surface area contributed by atoms with Crippen LogP contribution in [0, 0.1) is 6.92 Å². The number of hydrogen-bond donors (Lipinski definition) is 0. The highest BCUT2D eigenvalue weighted by molar-refractivity contribution is 7.98. The van der Waals surface area contributed by atoms with Crippen LogP contribution in [0.5, 0.6) is 0 Å². The van der Waals surface area contributed by atoms with Gasteiger partial charge in [0.25, 0.3) is 0 Å². The minimum atomic E-state index is -0.260. The van der Waals surface area contributed by atoms with E-state index in [1.165, 1.54) is 17.2 Å². The summed E-state index contributed by atoms with van der Waals surface area (Å²) in [4.78, 5) is 11.0. The predicted molar refractivity (Wildman–Crippen MR) is 73.1 cm³/mol. The molecule has 0 atom stereocenters. The molecule has 0 fully saturated rings. The number of carbonyl (C=O) groups excluding carboxylic acids is 1. The third-order valence-corrected chi connectivity index (χ3v) is 3.22. The molecule has 92 valence electrons. The molecule has 17 heavy (non-hydrogen) atoms. The van der Waals surface area contributed by atoms with Crippen LogP contribution in [-0.4, -0.2) is 18.3 Å². The molecule has 0 bridgehead atoms. The molecule has 1 aromatic rings. The van der Waals surface area contributed by atoms with E-state index in [2.05, 4.69) is 25.1 Å². The smallest absolute Gasteiger partial charge is 0.330 e. The number of ether oxygens (including phenoxy) is 1. The van der Waals surface area contributed by atoms with Crippen molar-refractivity contribution < 1.29 is 9.53 Å². The lowest BCUT2D eigenvalue weighted by atomic mass is 10.1. The number of esters is 1. The Morgan fingerprint density at radius 2 is 2.18 bits per heavy atom. The molecule has 0 unspecified atom stereocenters. The van der Waals surface area contributed by atoms with Crippen molar-refractivity contribution in [3.05, 3.63) is 47.5 Å². The highest BCUT2D eigenvalue weighted by atomic mass is 32.2. The van der Waals surface area contributed by atoms with Gasteiger partial charge < -0.3 is 4.74 Å². The number of aryl methyl sites for hydroxylation is 1. The summed E-state index contributed by atoms with van der Waals surface area (Å²) in [7, 11) is 0. The highest BCUT2D eigenvalue weighted by Gasteiger charge is 1.96. The summed E-state index contributed by atoms with van der Waals surface area (Å²) in [5.74, 6) is 1.54. The van der Waals surface area contributed by atoms with Gasteiger partial charge in [0.05, 0.1) is 6.61 Å². The minimum absolute atomic E-state index is 0.260. The Morgan fingerprint density at radius 1 is 1.41 bits per heavy atom. The van der Waals surface area contributed by atoms with Crippen LogP contribution in [0.1, 0.15) is 18.1 Å². The van der Waals surface area contributed by atoms with Crippen molar-refractivity contribution in [3.63, 3.8) is 0 Å². The SMILES string of the molecule is CCOC(=O)/C=C/CSCc1ccccc1C. The Kier molecular flexibility index (Phi) is 6.48. The molecular formula is C14H18O2S. The Hall–Kier alpha value is -1.22. The van der Waals surface area contributed by atoms with Crippen LogP contribution in [0.3, 0.4) is 0 Å². The second-order valence-corrected chi connectivity index (χ2v) is 4.63. The van der Waals surface area contributed by atoms with E-state index in [1.54, 1.807) is 18.7 Å². The van der Waals surface area contributed by atoms with Crippen molar-refractivity contribution in [1.82, 2.24) is 0 Å². The first-order valence-corrected chi connectivity index (χ1v) is 6.85. The Bertz CT molecular complexity index is 386. The molecule has 2 nitrogen and oxygen atoms in total. The maximum Gasteiger partial charge on any atom is 0.330 e. The molecule has 0 amide bonds. The van der Waals surface area contributed by atoms with E-state index in [0.717, 1.165) is 11.5 Å². The van der Waals surface area contributed by atoms with Gasteiger partial charge in [-0.3, -0.25) is 0 Å². The first kappa shape index (κ1) is 13.8. The maximum absolute atomic E-state index is 11.0. The van der Waals surface area contributed by atoms with Gasteiger partial charge in [-0.05, 0) is 25.0 Å². The fourth-order valence-electron chi connectivity index (χ4n) is 1.34. The van der Waals surface area contributed by atoms with Gasteiger partial charge in [0.2, 0.25) is 0 Å². The maximum atomic E-state index is 11.0. The van der Waals surface area contributed by atoms with E-state index in [0.29, 0.717) is 6.61 Å². The number of hydrogen-bond acceptors (Lipinski definition) is 3. The molecule has 1 aromatic carbocycles. The van der Waals surface area contributed by atoms with E-state index < -0.39 is 0 Å². The van der Waals surface area contributed by atoms with Crippen LogP contribution in [0.4, 0.5) is 0 Å². The van der Waals surface area contributed by atoms with Crippen molar-refractivity contribution in [2.75, 3.05) is 12.4 Å². The molecule has 3 heteroatoms. The zero-order valence-electron chi connectivity index (χ0n) is 10.3. The second kappa shape index (κ2) is 7.96. The topological polar surface area (TPSA) is 26.3 Å². The fourth-order valence-corrected chi connectivity index (χ4v) is 2.24.